The second kappa shape index (κ2) is 5.56. The van der Waals surface area contributed by atoms with Gasteiger partial charge in [0.15, 0.2) is 0 Å². The number of thiophene rings is 1. The van der Waals surface area contributed by atoms with Crippen LogP contribution in [0.25, 0.3) is 10.2 Å². The summed E-state index contributed by atoms with van der Waals surface area (Å²) in [4.78, 5) is 11.5. The maximum atomic E-state index is 4.59. The highest BCUT2D eigenvalue weighted by Crippen LogP contribution is 2.33. The maximum absolute atomic E-state index is 4.59. The Balaban J connectivity index is 1.85. The lowest BCUT2D eigenvalue weighted by molar-refractivity contribution is 0.439. The Labute approximate surface area is 124 Å². The fourth-order valence-electron chi connectivity index (χ4n) is 3.04. The third-order valence-electron chi connectivity index (χ3n) is 4.31. The van der Waals surface area contributed by atoms with Crippen molar-refractivity contribution >= 4 is 33.3 Å². The molecule has 2 heterocycles. The van der Waals surface area contributed by atoms with E-state index in [0.29, 0.717) is 5.95 Å². The van der Waals surface area contributed by atoms with E-state index in [0.717, 1.165) is 34.4 Å². The Morgan fingerprint density at radius 3 is 2.90 bits per heavy atom. The Kier molecular flexibility index (Phi) is 3.78. The first-order valence-electron chi connectivity index (χ1n) is 7.37. The minimum Gasteiger partial charge on any atom is -0.369 e. The van der Waals surface area contributed by atoms with E-state index in [1.165, 1.54) is 24.1 Å². The molecule has 1 saturated carbocycles. The van der Waals surface area contributed by atoms with Gasteiger partial charge in [0.2, 0.25) is 5.95 Å². The summed E-state index contributed by atoms with van der Waals surface area (Å²) in [5.74, 6) is 3.27. The van der Waals surface area contributed by atoms with Gasteiger partial charge in [-0.15, -0.1) is 11.3 Å². The zero-order chi connectivity index (χ0) is 14.1. The average Bonchev–Trinajstić information content (AvgIpc) is 3.00. The van der Waals surface area contributed by atoms with Gasteiger partial charge in [-0.05, 0) is 31.2 Å². The van der Waals surface area contributed by atoms with Gasteiger partial charge >= 0.3 is 0 Å². The van der Waals surface area contributed by atoms with E-state index in [1.54, 1.807) is 11.3 Å². The summed E-state index contributed by atoms with van der Waals surface area (Å²) in [7, 11) is 1.87. The van der Waals surface area contributed by atoms with Crippen molar-refractivity contribution in [3.63, 3.8) is 0 Å². The van der Waals surface area contributed by atoms with E-state index in [-0.39, 0.29) is 0 Å². The maximum Gasteiger partial charge on any atom is 0.225 e. The summed E-state index contributed by atoms with van der Waals surface area (Å²) in [6, 6.07) is 2.18. The fourth-order valence-corrected chi connectivity index (χ4v) is 3.92. The number of aryl methyl sites for hydroxylation is 1. The quantitative estimate of drug-likeness (QED) is 0.897. The predicted molar refractivity (Wildman–Crippen MR) is 86.7 cm³/mol. The van der Waals surface area contributed by atoms with Crippen molar-refractivity contribution in [3.05, 3.63) is 10.9 Å². The Bertz CT molecular complexity index is 607. The van der Waals surface area contributed by atoms with Crippen molar-refractivity contribution in [2.24, 2.45) is 11.8 Å². The summed E-state index contributed by atoms with van der Waals surface area (Å²) in [6.07, 6.45) is 4.07. The lowest BCUT2D eigenvalue weighted by Gasteiger charge is -2.17. The molecule has 0 aromatic carbocycles. The lowest BCUT2D eigenvalue weighted by Crippen LogP contribution is -2.17. The van der Waals surface area contributed by atoms with E-state index in [4.69, 9.17) is 0 Å². The van der Waals surface area contributed by atoms with E-state index < -0.39 is 0 Å². The van der Waals surface area contributed by atoms with Gasteiger partial charge in [0.1, 0.15) is 10.6 Å². The van der Waals surface area contributed by atoms with Crippen molar-refractivity contribution in [1.29, 1.82) is 0 Å². The number of aromatic nitrogens is 2. The molecule has 1 aliphatic rings. The number of hydrogen-bond acceptors (Lipinski definition) is 5. The zero-order valence-corrected chi connectivity index (χ0v) is 13.2. The molecule has 20 heavy (non-hydrogen) atoms. The Morgan fingerprint density at radius 2 is 2.20 bits per heavy atom. The van der Waals surface area contributed by atoms with Gasteiger partial charge in [-0.3, -0.25) is 0 Å². The number of rotatable bonds is 4. The van der Waals surface area contributed by atoms with Crippen LogP contribution in [-0.4, -0.2) is 23.6 Å². The molecule has 2 N–H and O–H groups in total. The highest BCUT2D eigenvalue weighted by atomic mass is 32.1. The molecule has 0 spiro atoms. The molecule has 5 heteroatoms. The normalized spacial score (nSPS) is 22.4. The zero-order valence-electron chi connectivity index (χ0n) is 12.4. The summed E-state index contributed by atoms with van der Waals surface area (Å²) in [6.45, 7) is 5.50. The summed E-state index contributed by atoms with van der Waals surface area (Å²) in [5.41, 5.74) is 0. The number of nitrogens with one attached hydrogen (secondary N) is 2. The summed E-state index contributed by atoms with van der Waals surface area (Å²) in [5, 5.41) is 7.76. The van der Waals surface area contributed by atoms with Crippen molar-refractivity contribution in [2.45, 2.75) is 33.1 Å². The molecule has 0 amide bonds. The Hall–Kier alpha value is -1.36. The molecule has 2 aromatic heterocycles. The minimum absolute atomic E-state index is 0.696. The first-order chi connectivity index (χ1) is 9.67. The van der Waals surface area contributed by atoms with Crippen LogP contribution in [0, 0.1) is 18.8 Å². The molecule has 3 rings (SSSR count). The molecule has 0 saturated heterocycles. The standard InChI is InChI=1S/C15H22N4S/c1-9-5-4-6-11(9)8-17-13-12-7-10(2)20-14(12)19-15(16-3)18-13/h7,9,11H,4-6,8H2,1-3H3,(H2,16,17,18,19). The van der Waals surface area contributed by atoms with Crippen LogP contribution in [0.3, 0.4) is 0 Å². The molecule has 4 nitrogen and oxygen atoms in total. The van der Waals surface area contributed by atoms with E-state index >= 15 is 0 Å². The predicted octanol–water partition coefficient (Wildman–Crippen LogP) is 3.89. The van der Waals surface area contributed by atoms with Gasteiger partial charge < -0.3 is 10.6 Å². The van der Waals surface area contributed by atoms with Gasteiger partial charge in [0.25, 0.3) is 0 Å². The van der Waals surface area contributed by atoms with Crippen molar-refractivity contribution < 1.29 is 0 Å². The van der Waals surface area contributed by atoms with Gasteiger partial charge in [-0.1, -0.05) is 19.8 Å². The largest absolute Gasteiger partial charge is 0.369 e. The van der Waals surface area contributed by atoms with E-state index in [1.807, 2.05) is 7.05 Å². The second-order valence-electron chi connectivity index (χ2n) is 5.77. The SMILES string of the molecule is CNc1nc(NCC2CCCC2C)c2cc(C)sc2n1. The third-order valence-corrected chi connectivity index (χ3v) is 5.25. The molecule has 108 valence electrons. The Morgan fingerprint density at radius 1 is 1.35 bits per heavy atom. The number of hydrogen-bond donors (Lipinski definition) is 2. The topological polar surface area (TPSA) is 49.8 Å². The molecule has 1 aliphatic carbocycles. The van der Waals surface area contributed by atoms with Crippen LogP contribution in [0.1, 0.15) is 31.1 Å². The third kappa shape index (κ3) is 2.59. The molecular weight excluding hydrogens is 268 g/mol. The first kappa shape index (κ1) is 13.6. The number of nitrogens with zero attached hydrogens (tertiary/aromatic N) is 2. The highest BCUT2D eigenvalue weighted by Gasteiger charge is 2.23. The fraction of sp³-hybridized carbons (Fsp3) is 0.600. The van der Waals surface area contributed by atoms with Crippen LogP contribution in [0.5, 0.6) is 0 Å². The van der Waals surface area contributed by atoms with Gasteiger partial charge in [-0.2, -0.15) is 4.98 Å². The van der Waals surface area contributed by atoms with Crippen LogP contribution in [0.15, 0.2) is 6.07 Å². The van der Waals surface area contributed by atoms with Gasteiger partial charge in [0, 0.05) is 18.5 Å². The van der Waals surface area contributed by atoms with Crippen molar-refractivity contribution in [3.8, 4) is 0 Å². The van der Waals surface area contributed by atoms with Crippen LogP contribution in [-0.2, 0) is 0 Å². The van der Waals surface area contributed by atoms with E-state index in [2.05, 4.69) is 40.5 Å². The lowest BCUT2D eigenvalue weighted by atomic mass is 9.98. The summed E-state index contributed by atoms with van der Waals surface area (Å²) >= 11 is 1.72. The molecular formula is C15H22N4S. The van der Waals surface area contributed by atoms with Crippen LogP contribution in [0.4, 0.5) is 11.8 Å². The molecule has 0 radical (unpaired) electrons. The first-order valence-corrected chi connectivity index (χ1v) is 8.19. The number of anilines is 2. The van der Waals surface area contributed by atoms with Gasteiger partial charge in [-0.25, -0.2) is 4.98 Å². The molecule has 0 aliphatic heterocycles. The van der Waals surface area contributed by atoms with Gasteiger partial charge in [0.05, 0.1) is 5.39 Å². The molecule has 2 unspecified atom stereocenters. The second-order valence-corrected chi connectivity index (χ2v) is 7.01. The van der Waals surface area contributed by atoms with Crippen LogP contribution in [0.2, 0.25) is 0 Å². The van der Waals surface area contributed by atoms with Crippen LogP contribution >= 0.6 is 11.3 Å². The number of fused-ring (bicyclic) bond motifs is 1. The molecule has 1 fully saturated rings. The summed E-state index contributed by atoms with van der Waals surface area (Å²) < 4.78 is 0. The minimum atomic E-state index is 0.696. The highest BCUT2D eigenvalue weighted by molar-refractivity contribution is 7.18. The smallest absolute Gasteiger partial charge is 0.225 e. The van der Waals surface area contributed by atoms with Crippen molar-refractivity contribution in [2.75, 3.05) is 24.2 Å². The van der Waals surface area contributed by atoms with E-state index in [9.17, 15) is 0 Å². The molecule has 0 bridgehead atoms. The molecule has 2 atom stereocenters. The molecule has 2 aromatic rings. The average molecular weight is 290 g/mol. The monoisotopic (exact) mass is 290 g/mol. The van der Waals surface area contributed by atoms with Crippen LogP contribution < -0.4 is 10.6 Å². The van der Waals surface area contributed by atoms with Crippen molar-refractivity contribution in [1.82, 2.24) is 9.97 Å².